The molecule has 0 aliphatic carbocycles. The molecule has 0 amide bonds. The van der Waals surface area contributed by atoms with Gasteiger partial charge in [-0.1, -0.05) is 4.98 Å². The summed E-state index contributed by atoms with van der Waals surface area (Å²) < 4.78 is 6.31. The Hall–Kier alpha value is -1.22. The number of rotatable bonds is 3. The number of hydrogen-bond donors (Lipinski definition) is 2. The molecule has 1 saturated heterocycles. The van der Waals surface area contributed by atoms with Crippen LogP contribution in [0.3, 0.4) is 0 Å². The Morgan fingerprint density at radius 3 is 2.82 bits per heavy atom. The van der Waals surface area contributed by atoms with Crippen molar-refractivity contribution in [2.75, 3.05) is 5.88 Å². The molecule has 2 heterocycles. The zero-order chi connectivity index (χ0) is 12.6. The first-order valence-corrected chi connectivity index (χ1v) is 5.34. The first-order chi connectivity index (χ1) is 8.06. The van der Waals surface area contributed by atoms with Crippen molar-refractivity contribution < 1.29 is 19.9 Å². The highest BCUT2D eigenvalue weighted by Gasteiger charge is 2.46. The lowest BCUT2D eigenvalue weighted by atomic mass is 10.1. The normalized spacial score (nSPS) is 32.9. The van der Waals surface area contributed by atoms with E-state index in [1.807, 2.05) is 0 Å². The molecule has 1 aromatic heterocycles. The first-order valence-electron chi connectivity index (χ1n) is 4.81. The predicted molar refractivity (Wildman–Crippen MR) is 55.5 cm³/mol. The molecule has 1 aliphatic heterocycles. The summed E-state index contributed by atoms with van der Waals surface area (Å²) in [6, 6.07) is 0. The Labute approximate surface area is 101 Å². The van der Waals surface area contributed by atoms with Gasteiger partial charge in [-0.05, 0) is 4.92 Å². The standard InChI is InChI=1S/C8H10ClN3O5/c9-3-4-5(13)6(14)7(17-4)11-2-1-10-8(11)12(15)16/h1-2,4-7,13-14H,3H2/t4-,5-,6+,7-/m1/s1. The van der Waals surface area contributed by atoms with Gasteiger partial charge in [0.2, 0.25) is 6.23 Å². The molecule has 2 N–H and O–H groups in total. The minimum atomic E-state index is -1.29. The van der Waals surface area contributed by atoms with Crippen LogP contribution in [0, 0.1) is 10.1 Å². The lowest BCUT2D eigenvalue weighted by molar-refractivity contribution is -0.398. The van der Waals surface area contributed by atoms with Crippen LogP contribution < -0.4 is 0 Å². The van der Waals surface area contributed by atoms with Gasteiger partial charge in [0.25, 0.3) is 0 Å². The van der Waals surface area contributed by atoms with E-state index < -0.39 is 35.4 Å². The Morgan fingerprint density at radius 2 is 2.29 bits per heavy atom. The number of aliphatic hydroxyl groups is 2. The molecule has 1 fully saturated rings. The fourth-order valence-electron chi connectivity index (χ4n) is 1.73. The fourth-order valence-corrected chi connectivity index (χ4v) is 1.99. The molecule has 2 rings (SSSR count). The average Bonchev–Trinajstić information content (AvgIpc) is 2.86. The third-order valence-electron chi connectivity index (χ3n) is 2.57. The van der Waals surface area contributed by atoms with Gasteiger partial charge in [0.05, 0.1) is 5.88 Å². The van der Waals surface area contributed by atoms with E-state index in [-0.39, 0.29) is 5.88 Å². The molecular formula is C8H10ClN3O5. The molecule has 0 saturated carbocycles. The highest BCUT2D eigenvalue weighted by atomic mass is 35.5. The summed E-state index contributed by atoms with van der Waals surface area (Å²) in [5.74, 6) is -0.478. The Balaban J connectivity index is 2.29. The number of alkyl halides is 1. The molecule has 1 aromatic rings. The van der Waals surface area contributed by atoms with E-state index in [9.17, 15) is 20.3 Å². The zero-order valence-electron chi connectivity index (χ0n) is 8.51. The van der Waals surface area contributed by atoms with E-state index in [0.717, 1.165) is 4.57 Å². The van der Waals surface area contributed by atoms with E-state index in [1.54, 1.807) is 0 Å². The van der Waals surface area contributed by atoms with Crippen LogP contribution >= 0.6 is 11.6 Å². The third-order valence-corrected chi connectivity index (χ3v) is 2.88. The first kappa shape index (κ1) is 12.2. The second-order valence-corrected chi connectivity index (χ2v) is 3.90. The average molecular weight is 264 g/mol. The van der Waals surface area contributed by atoms with Crippen molar-refractivity contribution in [3.8, 4) is 0 Å². The number of nitrogens with zero attached hydrogens (tertiary/aromatic N) is 3. The quantitative estimate of drug-likeness (QED) is 0.438. The fraction of sp³-hybridized carbons (Fsp3) is 0.625. The molecule has 0 radical (unpaired) electrons. The summed E-state index contributed by atoms with van der Waals surface area (Å²) in [5.41, 5.74) is 0. The maximum atomic E-state index is 10.7. The van der Waals surface area contributed by atoms with Crippen LogP contribution in [0.25, 0.3) is 0 Å². The second kappa shape index (κ2) is 4.57. The van der Waals surface area contributed by atoms with Crippen LogP contribution in [-0.4, -0.2) is 48.9 Å². The van der Waals surface area contributed by atoms with Crippen LogP contribution in [-0.2, 0) is 4.74 Å². The van der Waals surface area contributed by atoms with Crippen LogP contribution in [0.1, 0.15) is 6.23 Å². The number of aromatic nitrogens is 2. The number of ether oxygens (including phenoxy) is 1. The predicted octanol–water partition coefficient (Wildman–Crippen LogP) is -0.351. The maximum absolute atomic E-state index is 10.7. The summed E-state index contributed by atoms with van der Waals surface area (Å²) in [6.45, 7) is 0. The summed E-state index contributed by atoms with van der Waals surface area (Å²) in [6.07, 6.45) is -1.77. The van der Waals surface area contributed by atoms with Gasteiger partial charge in [-0.2, -0.15) is 4.57 Å². The molecule has 94 valence electrons. The molecule has 9 heteroatoms. The third kappa shape index (κ3) is 2.00. The van der Waals surface area contributed by atoms with E-state index in [1.165, 1.54) is 12.4 Å². The summed E-state index contributed by atoms with van der Waals surface area (Å²) >= 11 is 5.54. The van der Waals surface area contributed by atoms with Gasteiger partial charge < -0.3 is 25.1 Å². The summed E-state index contributed by atoms with van der Waals surface area (Å²) in [4.78, 5) is 13.5. The van der Waals surface area contributed by atoms with Crippen molar-refractivity contribution >= 4 is 17.5 Å². The smallest absolute Gasteiger partial charge is 0.390 e. The summed E-state index contributed by atoms with van der Waals surface area (Å²) in [5, 5.41) is 30.0. The van der Waals surface area contributed by atoms with Gasteiger partial charge in [0.1, 0.15) is 30.7 Å². The van der Waals surface area contributed by atoms with Crippen molar-refractivity contribution in [3.63, 3.8) is 0 Å². The maximum Gasteiger partial charge on any atom is 0.436 e. The molecule has 17 heavy (non-hydrogen) atoms. The minimum Gasteiger partial charge on any atom is -0.390 e. The zero-order valence-corrected chi connectivity index (χ0v) is 9.27. The highest BCUT2D eigenvalue weighted by molar-refractivity contribution is 6.18. The monoisotopic (exact) mass is 263 g/mol. The number of hydrogen-bond acceptors (Lipinski definition) is 6. The molecule has 0 aromatic carbocycles. The van der Waals surface area contributed by atoms with Gasteiger partial charge in [0.15, 0.2) is 0 Å². The molecule has 0 spiro atoms. The van der Waals surface area contributed by atoms with E-state index in [4.69, 9.17) is 16.3 Å². The Kier molecular flexibility index (Phi) is 3.29. The summed E-state index contributed by atoms with van der Waals surface area (Å²) in [7, 11) is 0. The minimum absolute atomic E-state index is 0.0166. The number of nitro groups is 1. The van der Waals surface area contributed by atoms with Crippen LogP contribution in [0.5, 0.6) is 0 Å². The molecule has 0 bridgehead atoms. The van der Waals surface area contributed by atoms with Crippen molar-refractivity contribution in [1.29, 1.82) is 0 Å². The number of aliphatic hydroxyl groups excluding tert-OH is 2. The van der Waals surface area contributed by atoms with Gasteiger partial charge in [-0.3, -0.25) is 0 Å². The largest absolute Gasteiger partial charge is 0.436 e. The molecule has 1 aliphatic rings. The van der Waals surface area contributed by atoms with Gasteiger partial charge in [-0.15, -0.1) is 11.6 Å². The van der Waals surface area contributed by atoms with Gasteiger partial charge in [-0.25, -0.2) is 0 Å². The lowest BCUT2D eigenvalue weighted by Crippen LogP contribution is -2.32. The highest BCUT2D eigenvalue weighted by Crippen LogP contribution is 2.32. The number of imidazole rings is 1. The van der Waals surface area contributed by atoms with E-state index >= 15 is 0 Å². The van der Waals surface area contributed by atoms with Crippen molar-refractivity contribution in [2.45, 2.75) is 24.5 Å². The van der Waals surface area contributed by atoms with E-state index in [0.29, 0.717) is 0 Å². The van der Waals surface area contributed by atoms with Crippen LogP contribution in [0.2, 0.25) is 0 Å². The van der Waals surface area contributed by atoms with Crippen molar-refractivity contribution in [3.05, 3.63) is 22.5 Å². The molecule has 8 nitrogen and oxygen atoms in total. The molecular weight excluding hydrogens is 254 g/mol. The second-order valence-electron chi connectivity index (χ2n) is 3.59. The van der Waals surface area contributed by atoms with Gasteiger partial charge in [0, 0.05) is 0 Å². The topological polar surface area (TPSA) is 111 Å². The lowest BCUT2D eigenvalue weighted by Gasteiger charge is -2.13. The van der Waals surface area contributed by atoms with Crippen LogP contribution in [0.4, 0.5) is 5.95 Å². The SMILES string of the molecule is O=[N+]([O-])c1nccn1[C@@H]1O[C@H](CCl)[C@@H](O)[C@@H]1O. The van der Waals surface area contributed by atoms with Crippen molar-refractivity contribution in [2.24, 2.45) is 0 Å². The Morgan fingerprint density at radius 1 is 1.59 bits per heavy atom. The van der Waals surface area contributed by atoms with Crippen LogP contribution in [0.15, 0.2) is 12.4 Å². The Bertz CT molecular complexity index is 425. The molecule has 4 atom stereocenters. The van der Waals surface area contributed by atoms with E-state index in [2.05, 4.69) is 4.98 Å². The molecule has 0 unspecified atom stereocenters. The number of halogens is 1. The van der Waals surface area contributed by atoms with Gasteiger partial charge >= 0.3 is 5.95 Å². The van der Waals surface area contributed by atoms with Crippen molar-refractivity contribution in [1.82, 2.24) is 9.55 Å².